The molecule has 0 amide bonds. The molecule has 0 N–H and O–H groups in total. The maximum atomic E-state index is 13.3. The summed E-state index contributed by atoms with van der Waals surface area (Å²) < 4.78 is 15.2. The first-order valence-corrected chi connectivity index (χ1v) is 11.1. The molecule has 3 aromatic rings. The van der Waals surface area contributed by atoms with Crippen molar-refractivity contribution in [1.29, 1.82) is 0 Å². The first kappa shape index (κ1) is 20.2. The average Bonchev–Trinajstić information content (AvgIpc) is 2.76. The van der Waals surface area contributed by atoms with Gasteiger partial charge in [-0.25, -0.2) is 4.39 Å². The minimum Gasteiger partial charge on any atom is -0.311 e. The molecular formula is C26H24ClFN2O. The van der Waals surface area contributed by atoms with Crippen molar-refractivity contribution in [2.45, 2.75) is 25.4 Å². The molecule has 2 aromatic carbocycles. The Hall–Kier alpha value is -2.69. The fraction of sp³-hybridized carbons (Fsp3) is 0.269. The lowest BCUT2D eigenvalue weighted by Gasteiger charge is -2.43. The van der Waals surface area contributed by atoms with Crippen LogP contribution in [0.4, 0.5) is 4.39 Å². The Bertz CT molecular complexity index is 1170. The lowest BCUT2D eigenvalue weighted by molar-refractivity contribution is 0.114. The van der Waals surface area contributed by atoms with Gasteiger partial charge >= 0.3 is 0 Å². The van der Waals surface area contributed by atoms with E-state index >= 15 is 0 Å². The van der Waals surface area contributed by atoms with E-state index in [1.165, 1.54) is 12.1 Å². The van der Waals surface area contributed by atoms with Crippen molar-refractivity contribution in [2.75, 3.05) is 13.1 Å². The fourth-order valence-corrected chi connectivity index (χ4v) is 5.15. The number of pyridine rings is 1. The Morgan fingerprint density at radius 1 is 0.935 bits per heavy atom. The van der Waals surface area contributed by atoms with Crippen LogP contribution in [0.25, 0.3) is 12.2 Å². The summed E-state index contributed by atoms with van der Waals surface area (Å²) in [5.41, 5.74) is 4.51. The van der Waals surface area contributed by atoms with Gasteiger partial charge in [0, 0.05) is 48.9 Å². The third kappa shape index (κ3) is 4.36. The van der Waals surface area contributed by atoms with E-state index in [4.69, 9.17) is 11.6 Å². The number of nitrogens with zero attached hydrogens (tertiary/aromatic N) is 2. The summed E-state index contributed by atoms with van der Waals surface area (Å²) in [5, 5.41) is 0.718. The van der Waals surface area contributed by atoms with Crippen LogP contribution in [-0.2, 0) is 13.1 Å². The van der Waals surface area contributed by atoms with E-state index in [1.807, 2.05) is 47.0 Å². The van der Waals surface area contributed by atoms with Crippen molar-refractivity contribution in [3.8, 4) is 0 Å². The zero-order chi connectivity index (χ0) is 21.4. The summed E-state index contributed by atoms with van der Waals surface area (Å²) >= 11 is 5.99. The van der Waals surface area contributed by atoms with Crippen molar-refractivity contribution in [2.24, 2.45) is 5.92 Å². The van der Waals surface area contributed by atoms with Gasteiger partial charge in [0.2, 0.25) is 0 Å². The summed E-state index contributed by atoms with van der Waals surface area (Å²) in [6, 6.07) is 18.1. The van der Waals surface area contributed by atoms with Gasteiger partial charge in [0.1, 0.15) is 5.82 Å². The van der Waals surface area contributed by atoms with E-state index in [0.717, 1.165) is 60.0 Å². The lowest BCUT2D eigenvalue weighted by atomic mass is 9.81. The number of hydrogen-bond acceptors (Lipinski definition) is 2. The summed E-state index contributed by atoms with van der Waals surface area (Å²) in [6.45, 7) is 3.43. The van der Waals surface area contributed by atoms with Crippen LogP contribution >= 0.6 is 11.6 Å². The summed E-state index contributed by atoms with van der Waals surface area (Å²) in [4.78, 5) is 15.1. The highest BCUT2D eigenvalue weighted by molar-refractivity contribution is 6.30. The first-order chi connectivity index (χ1) is 15.0. The van der Waals surface area contributed by atoms with Gasteiger partial charge in [-0.3, -0.25) is 9.69 Å². The highest BCUT2D eigenvalue weighted by Crippen LogP contribution is 2.37. The molecule has 158 valence electrons. The van der Waals surface area contributed by atoms with Crippen molar-refractivity contribution in [3.05, 3.63) is 104 Å². The van der Waals surface area contributed by atoms with Crippen LogP contribution in [-0.4, -0.2) is 22.6 Å². The maximum Gasteiger partial charge on any atom is 0.250 e. The molecule has 0 saturated carbocycles. The zero-order valence-electron chi connectivity index (χ0n) is 17.2. The molecule has 0 radical (unpaired) electrons. The predicted octanol–water partition coefficient (Wildman–Crippen LogP) is 5.43. The maximum absolute atomic E-state index is 13.3. The molecule has 0 aliphatic carbocycles. The topological polar surface area (TPSA) is 25.2 Å². The molecule has 3 heterocycles. The van der Waals surface area contributed by atoms with E-state index < -0.39 is 0 Å². The Labute approximate surface area is 186 Å². The van der Waals surface area contributed by atoms with E-state index in [1.54, 1.807) is 6.07 Å². The Kier molecular flexibility index (Phi) is 5.51. The lowest BCUT2D eigenvalue weighted by Crippen LogP contribution is -2.47. The molecule has 31 heavy (non-hydrogen) atoms. The summed E-state index contributed by atoms with van der Waals surface area (Å²) in [5.74, 6) is 0.566. The SMILES string of the molecule is O=c1ccc(C=Cc2ccc(Cl)cc2)c2n1CC1CC2CN(Cc2ccc(F)cc2)C1. The number of fused-ring (bicyclic) bond motifs is 4. The molecule has 2 atom stereocenters. The smallest absolute Gasteiger partial charge is 0.250 e. The molecule has 1 saturated heterocycles. The monoisotopic (exact) mass is 434 g/mol. The Morgan fingerprint density at radius 3 is 2.48 bits per heavy atom. The molecule has 3 nitrogen and oxygen atoms in total. The minimum absolute atomic E-state index is 0.0836. The largest absolute Gasteiger partial charge is 0.311 e. The molecule has 1 fully saturated rings. The summed E-state index contributed by atoms with van der Waals surface area (Å²) in [7, 11) is 0. The summed E-state index contributed by atoms with van der Waals surface area (Å²) in [6.07, 6.45) is 5.28. The van der Waals surface area contributed by atoms with Crippen LogP contribution in [0.5, 0.6) is 0 Å². The van der Waals surface area contributed by atoms with Crippen LogP contribution < -0.4 is 5.56 Å². The van der Waals surface area contributed by atoms with E-state index in [9.17, 15) is 9.18 Å². The van der Waals surface area contributed by atoms with E-state index in [2.05, 4.69) is 17.1 Å². The standard InChI is InChI=1S/C26H24ClFN2O/c27-23-8-2-18(3-9-23)1-6-21-7-12-25(31)30-16-20-13-22(26(21)30)17-29(15-20)14-19-4-10-24(28)11-5-19/h1-12,20,22H,13-17H2. The molecule has 5 rings (SSSR count). The molecule has 2 bridgehead atoms. The second-order valence-corrected chi connectivity index (χ2v) is 9.06. The number of aromatic nitrogens is 1. The van der Waals surface area contributed by atoms with Crippen LogP contribution in [0.1, 0.15) is 34.7 Å². The van der Waals surface area contributed by atoms with Crippen molar-refractivity contribution in [3.63, 3.8) is 0 Å². The Balaban J connectivity index is 1.43. The number of halogens is 2. The molecule has 0 spiro atoms. The molecule has 2 aliphatic rings. The highest BCUT2D eigenvalue weighted by atomic mass is 35.5. The van der Waals surface area contributed by atoms with Crippen molar-refractivity contribution >= 4 is 23.8 Å². The van der Waals surface area contributed by atoms with E-state index in [0.29, 0.717) is 11.8 Å². The van der Waals surface area contributed by atoms with Gasteiger partial charge in [0.15, 0.2) is 0 Å². The molecule has 1 aromatic heterocycles. The normalized spacial score (nSPS) is 20.7. The minimum atomic E-state index is -0.204. The number of likely N-dealkylation sites (tertiary alicyclic amines) is 1. The average molecular weight is 435 g/mol. The second-order valence-electron chi connectivity index (χ2n) is 8.63. The number of rotatable bonds is 4. The van der Waals surface area contributed by atoms with Crippen molar-refractivity contribution < 1.29 is 4.39 Å². The number of piperidine rings is 1. The molecule has 5 heteroatoms. The fourth-order valence-electron chi connectivity index (χ4n) is 5.02. The van der Waals surface area contributed by atoms with Crippen LogP contribution in [0.3, 0.4) is 0 Å². The van der Waals surface area contributed by atoms with Gasteiger partial charge in [-0.2, -0.15) is 0 Å². The molecule has 2 unspecified atom stereocenters. The third-order valence-corrected chi connectivity index (χ3v) is 6.60. The molecule has 2 aliphatic heterocycles. The highest BCUT2D eigenvalue weighted by Gasteiger charge is 2.35. The van der Waals surface area contributed by atoms with Crippen LogP contribution in [0.15, 0.2) is 65.5 Å². The van der Waals surface area contributed by atoms with Crippen LogP contribution in [0, 0.1) is 11.7 Å². The van der Waals surface area contributed by atoms with Gasteiger partial charge in [-0.15, -0.1) is 0 Å². The third-order valence-electron chi connectivity index (χ3n) is 6.34. The van der Waals surface area contributed by atoms with Gasteiger partial charge in [0.05, 0.1) is 0 Å². The quantitative estimate of drug-likeness (QED) is 0.547. The van der Waals surface area contributed by atoms with Gasteiger partial charge in [-0.1, -0.05) is 48.0 Å². The Morgan fingerprint density at radius 2 is 1.71 bits per heavy atom. The zero-order valence-corrected chi connectivity index (χ0v) is 17.9. The first-order valence-electron chi connectivity index (χ1n) is 10.7. The predicted molar refractivity (Wildman–Crippen MR) is 124 cm³/mol. The van der Waals surface area contributed by atoms with Crippen LogP contribution in [0.2, 0.25) is 5.02 Å². The molecular weight excluding hydrogens is 411 g/mol. The van der Waals surface area contributed by atoms with Gasteiger partial charge in [-0.05, 0) is 59.4 Å². The number of benzene rings is 2. The second kappa shape index (κ2) is 8.45. The van der Waals surface area contributed by atoms with Gasteiger partial charge < -0.3 is 4.57 Å². The number of hydrogen-bond donors (Lipinski definition) is 0. The van der Waals surface area contributed by atoms with Gasteiger partial charge in [0.25, 0.3) is 5.56 Å². The van der Waals surface area contributed by atoms with E-state index in [-0.39, 0.29) is 11.4 Å². The van der Waals surface area contributed by atoms with Crippen molar-refractivity contribution in [1.82, 2.24) is 9.47 Å².